The topological polar surface area (TPSA) is 163 Å². The Bertz CT molecular complexity index is 798. The number of aryl methyl sites for hydroxylation is 1. The van der Waals surface area contributed by atoms with E-state index in [1.54, 1.807) is 0 Å². The minimum Gasteiger partial charge on any atom is -0.378 e. The highest BCUT2D eigenvalue weighted by Gasteiger charge is 2.23. The van der Waals surface area contributed by atoms with Crippen LogP contribution in [0.2, 0.25) is 0 Å². The van der Waals surface area contributed by atoms with E-state index in [0.29, 0.717) is 11.8 Å². The van der Waals surface area contributed by atoms with Gasteiger partial charge in [-0.25, -0.2) is 9.97 Å². The number of aromatic amines is 1. The number of nitro groups is 1. The zero-order chi connectivity index (χ0) is 14.9. The van der Waals surface area contributed by atoms with Gasteiger partial charge in [-0.05, 0) is 11.8 Å². The second kappa shape index (κ2) is 5.08. The van der Waals surface area contributed by atoms with Crippen LogP contribution in [0.4, 0.5) is 11.5 Å². The van der Waals surface area contributed by atoms with Gasteiger partial charge in [-0.15, -0.1) is 0 Å². The summed E-state index contributed by atoms with van der Waals surface area (Å²) in [5, 5.41) is 13.1. The minimum atomic E-state index is -1.00. The van der Waals surface area contributed by atoms with Crippen molar-refractivity contribution in [2.24, 2.45) is 7.05 Å². The molecule has 0 unspecified atom stereocenters. The smallest absolute Gasteiger partial charge is 0.343 e. The second-order valence-corrected chi connectivity index (χ2v) is 4.43. The first-order valence-electron chi connectivity index (χ1n) is 5.00. The molecule has 12 heteroatoms. The number of aromatic nitrogens is 5. The largest absolute Gasteiger partial charge is 0.378 e. The van der Waals surface area contributed by atoms with Crippen molar-refractivity contribution in [2.75, 3.05) is 5.73 Å². The number of hydrogen-bond donors (Lipinski definition) is 2. The van der Waals surface area contributed by atoms with Gasteiger partial charge in [-0.3, -0.25) is 29.5 Å². The van der Waals surface area contributed by atoms with Crippen LogP contribution < -0.4 is 16.9 Å². The summed E-state index contributed by atoms with van der Waals surface area (Å²) in [5.41, 5.74) is 3.03. The average molecular weight is 297 g/mol. The van der Waals surface area contributed by atoms with Gasteiger partial charge < -0.3 is 5.73 Å². The third-order valence-electron chi connectivity index (χ3n) is 2.14. The van der Waals surface area contributed by atoms with Crippen LogP contribution in [0.15, 0.2) is 26.1 Å². The molecule has 104 valence electrons. The van der Waals surface area contributed by atoms with E-state index >= 15 is 0 Å². The lowest BCUT2D eigenvalue weighted by Gasteiger charge is -2.05. The molecule has 2 aromatic rings. The molecule has 2 heterocycles. The highest BCUT2D eigenvalue weighted by Crippen LogP contribution is 2.33. The van der Waals surface area contributed by atoms with Crippen LogP contribution in [-0.2, 0) is 7.05 Å². The number of hydrogen-bond acceptors (Lipinski definition) is 9. The first kappa shape index (κ1) is 13.7. The van der Waals surface area contributed by atoms with E-state index in [0.717, 1.165) is 11.0 Å². The van der Waals surface area contributed by atoms with Crippen LogP contribution in [-0.4, -0.2) is 29.7 Å². The molecule has 0 amide bonds. The zero-order valence-corrected chi connectivity index (χ0v) is 10.7. The minimum absolute atomic E-state index is 0.0239. The van der Waals surface area contributed by atoms with Crippen LogP contribution in [0.3, 0.4) is 0 Å². The zero-order valence-electron chi connectivity index (χ0n) is 9.93. The summed E-state index contributed by atoms with van der Waals surface area (Å²) in [6, 6.07) is 0. The Morgan fingerprint density at radius 2 is 2.15 bits per heavy atom. The van der Waals surface area contributed by atoms with Crippen LogP contribution in [0.5, 0.6) is 0 Å². The summed E-state index contributed by atoms with van der Waals surface area (Å²) in [4.78, 5) is 43.2. The first-order chi connectivity index (χ1) is 9.40. The number of nitrogens with one attached hydrogen (secondary N) is 1. The van der Waals surface area contributed by atoms with Crippen molar-refractivity contribution < 1.29 is 4.92 Å². The normalized spacial score (nSPS) is 10.4. The predicted octanol–water partition coefficient (Wildman–Crippen LogP) is -1.10. The molecule has 0 atom stereocenters. The lowest BCUT2D eigenvalue weighted by molar-refractivity contribution is -0.387. The van der Waals surface area contributed by atoms with Crippen LogP contribution in [0.25, 0.3) is 0 Å². The Morgan fingerprint density at radius 1 is 1.45 bits per heavy atom. The third kappa shape index (κ3) is 2.49. The van der Waals surface area contributed by atoms with Crippen molar-refractivity contribution in [3.05, 3.63) is 37.1 Å². The molecule has 2 rings (SSSR count). The van der Waals surface area contributed by atoms with Gasteiger partial charge in [0.25, 0.3) is 0 Å². The van der Waals surface area contributed by atoms with Crippen LogP contribution >= 0.6 is 11.8 Å². The molecule has 0 aliphatic rings. The van der Waals surface area contributed by atoms with E-state index in [-0.39, 0.29) is 16.0 Å². The van der Waals surface area contributed by atoms with Crippen molar-refractivity contribution in [2.45, 2.75) is 10.2 Å². The van der Waals surface area contributed by atoms with E-state index in [4.69, 9.17) is 5.73 Å². The molecule has 11 nitrogen and oxygen atoms in total. The van der Waals surface area contributed by atoms with Gasteiger partial charge in [0.1, 0.15) is 6.33 Å². The van der Waals surface area contributed by atoms with Gasteiger partial charge in [0.2, 0.25) is 5.82 Å². The third-order valence-corrected chi connectivity index (χ3v) is 3.17. The molecule has 0 aromatic carbocycles. The van der Waals surface area contributed by atoms with Crippen molar-refractivity contribution in [1.29, 1.82) is 0 Å². The molecular formula is C8H7N7O4S. The van der Waals surface area contributed by atoms with Gasteiger partial charge in [0.15, 0.2) is 10.2 Å². The van der Waals surface area contributed by atoms with Crippen molar-refractivity contribution in [3.8, 4) is 0 Å². The quantitative estimate of drug-likeness (QED) is 0.309. The maximum atomic E-state index is 11.2. The highest BCUT2D eigenvalue weighted by molar-refractivity contribution is 7.99. The fraction of sp³-hybridized carbons (Fsp3) is 0.125. The molecule has 0 radical (unpaired) electrons. The van der Waals surface area contributed by atoms with Crippen LogP contribution in [0.1, 0.15) is 0 Å². The molecule has 0 aliphatic carbocycles. The molecule has 20 heavy (non-hydrogen) atoms. The fourth-order valence-electron chi connectivity index (χ4n) is 1.26. The lowest BCUT2D eigenvalue weighted by atomic mass is 10.5. The Morgan fingerprint density at radius 3 is 2.80 bits per heavy atom. The Labute approximate surface area is 114 Å². The number of nitrogen functional groups attached to an aromatic ring is 1. The van der Waals surface area contributed by atoms with Crippen molar-refractivity contribution in [3.63, 3.8) is 0 Å². The Hall–Kier alpha value is -2.76. The summed E-state index contributed by atoms with van der Waals surface area (Å²) in [6.07, 6.45) is 1.05. The van der Waals surface area contributed by atoms with E-state index in [1.807, 2.05) is 0 Å². The van der Waals surface area contributed by atoms with Crippen molar-refractivity contribution >= 4 is 23.3 Å². The summed E-state index contributed by atoms with van der Waals surface area (Å²) < 4.78 is 1.15. The van der Waals surface area contributed by atoms with E-state index < -0.39 is 21.7 Å². The number of nitrogens with two attached hydrogens (primary N) is 1. The standard InChI is InChI=1S/C8H7N7O4S/c1-14-8(12-5(16)6(17)13-14)20-7-3(15(18)19)4(9)10-2-11-7/h2H,1H3,(H,13,17)(H2,9,10,11). The average Bonchev–Trinajstić information content (AvgIpc) is 2.35. The van der Waals surface area contributed by atoms with Gasteiger partial charge in [0.05, 0.1) is 4.92 Å². The summed E-state index contributed by atoms with van der Waals surface area (Å²) in [6.45, 7) is 0. The lowest BCUT2D eigenvalue weighted by Crippen LogP contribution is -2.33. The maximum absolute atomic E-state index is 11.2. The van der Waals surface area contributed by atoms with E-state index in [1.165, 1.54) is 7.05 Å². The molecule has 0 saturated heterocycles. The molecule has 0 fully saturated rings. The Kier molecular flexibility index (Phi) is 3.47. The second-order valence-electron chi connectivity index (χ2n) is 3.47. The molecule has 0 saturated carbocycles. The van der Waals surface area contributed by atoms with Crippen molar-refractivity contribution in [1.82, 2.24) is 24.7 Å². The van der Waals surface area contributed by atoms with E-state index in [2.05, 4.69) is 20.1 Å². The fourth-order valence-corrected chi connectivity index (χ4v) is 2.12. The molecule has 2 aromatic heterocycles. The van der Waals surface area contributed by atoms with Gasteiger partial charge in [-0.1, -0.05) is 0 Å². The van der Waals surface area contributed by atoms with Gasteiger partial charge in [0, 0.05) is 7.05 Å². The molecular weight excluding hydrogens is 290 g/mol. The van der Waals surface area contributed by atoms with Gasteiger partial charge >= 0.3 is 16.8 Å². The number of rotatable bonds is 3. The summed E-state index contributed by atoms with van der Waals surface area (Å²) in [7, 11) is 1.42. The van der Waals surface area contributed by atoms with Crippen LogP contribution in [0, 0.1) is 10.1 Å². The maximum Gasteiger partial charge on any atom is 0.343 e. The first-order valence-corrected chi connectivity index (χ1v) is 5.82. The highest BCUT2D eigenvalue weighted by atomic mass is 32.2. The molecule has 3 N–H and O–H groups in total. The molecule has 0 spiro atoms. The number of nitrogens with zero attached hydrogens (tertiary/aromatic N) is 5. The number of anilines is 1. The summed E-state index contributed by atoms with van der Waals surface area (Å²) in [5.74, 6) is -0.304. The number of H-pyrrole nitrogens is 1. The molecule has 0 aliphatic heterocycles. The SMILES string of the molecule is Cn1[nH]c(=O)c(=O)nc1Sc1ncnc(N)c1[N+](=O)[O-]. The predicted molar refractivity (Wildman–Crippen MR) is 67.3 cm³/mol. The van der Waals surface area contributed by atoms with Gasteiger partial charge in [-0.2, -0.15) is 4.98 Å². The molecule has 0 bridgehead atoms. The van der Waals surface area contributed by atoms with E-state index in [9.17, 15) is 19.7 Å². The Balaban J connectivity index is 2.54. The summed E-state index contributed by atoms with van der Waals surface area (Å²) >= 11 is 0.715. The monoisotopic (exact) mass is 297 g/mol.